The van der Waals surface area contributed by atoms with Crippen molar-refractivity contribution < 1.29 is 29.3 Å². The summed E-state index contributed by atoms with van der Waals surface area (Å²) in [5.41, 5.74) is 1.48. The first-order valence-electron chi connectivity index (χ1n) is 8.78. The Bertz CT molecular complexity index is 835. The molecular weight excluding hydrogens is 360 g/mol. The van der Waals surface area contributed by atoms with E-state index < -0.39 is 11.9 Å². The van der Waals surface area contributed by atoms with Crippen LogP contribution in [0.1, 0.15) is 24.0 Å². The maximum Gasteiger partial charge on any atom is 0.338 e. The molecule has 0 spiro atoms. The van der Waals surface area contributed by atoms with Crippen molar-refractivity contribution in [1.82, 2.24) is 0 Å². The zero-order valence-corrected chi connectivity index (χ0v) is 15.1. The van der Waals surface area contributed by atoms with E-state index in [1.165, 1.54) is 0 Å². The van der Waals surface area contributed by atoms with Crippen LogP contribution in [0.4, 0.5) is 0 Å². The zero-order valence-electron chi connectivity index (χ0n) is 15.1. The topological polar surface area (TPSA) is 93.1 Å². The SMILES string of the molecule is O=C(OCc1ccccc1)C1=C(O)CC(C(=O)OCc2ccccc2)=C(O)C1. The number of ether oxygens (including phenoxy) is 2. The fraction of sp³-hybridized carbons (Fsp3) is 0.182. The number of benzene rings is 2. The maximum atomic E-state index is 12.2. The predicted molar refractivity (Wildman–Crippen MR) is 101 cm³/mol. The van der Waals surface area contributed by atoms with Gasteiger partial charge in [0.05, 0.1) is 11.1 Å². The Hall–Kier alpha value is -3.54. The summed E-state index contributed by atoms with van der Waals surface area (Å²) in [5.74, 6) is -2.07. The van der Waals surface area contributed by atoms with Crippen molar-refractivity contribution in [3.8, 4) is 0 Å². The average molecular weight is 380 g/mol. The van der Waals surface area contributed by atoms with Crippen LogP contribution >= 0.6 is 0 Å². The second kappa shape index (κ2) is 8.90. The van der Waals surface area contributed by atoms with E-state index in [0.29, 0.717) is 0 Å². The Kier molecular flexibility index (Phi) is 6.11. The summed E-state index contributed by atoms with van der Waals surface area (Å²) in [6.45, 7) is 0.0970. The number of carbonyl (C=O) groups is 2. The first kappa shape index (κ1) is 19.2. The average Bonchev–Trinajstić information content (AvgIpc) is 2.73. The van der Waals surface area contributed by atoms with Gasteiger partial charge >= 0.3 is 11.9 Å². The third-order valence-electron chi connectivity index (χ3n) is 4.30. The molecule has 0 aromatic heterocycles. The molecule has 1 aliphatic carbocycles. The summed E-state index contributed by atoms with van der Waals surface area (Å²) in [4.78, 5) is 24.4. The Morgan fingerprint density at radius 1 is 0.679 bits per heavy atom. The van der Waals surface area contributed by atoms with Crippen molar-refractivity contribution >= 4 is 11.9 Å². The molecule has 0 atom stereocenters. The third kappa shape index (κ3) is 4.79. The summed E-state index contributed by atoms with van der Waals surface area (Å²) in [6, 6.07) is 18.2. The van der Waals surface area contributed by atoms with Gasteiger partial charge in [-0.3, -0.25) is 0 Å². The van der Waals surface area contributed by atoms with Crippen LogP contribution in [0.25, 0.3) is 0 Å². The van der Waals surface area contributed by atoms with Crippen LogP contribution in [0.15, 0.2) is 83.3 Å². The lowest BCUT2D eigenvalue weighted by Crippen LogP contribution is -2.19. The van der Waals surface area contributed by atoms with Crippen LogP contribution in [0.3, 0.4) is 0 Å². The molecule has 0 radical (unpaired) electrons. The minimum absolute atomic E-state index is 0.0485. The van der Waals surface area contributed by atoms with Gasteiger partial charge < -0.3 is 19.7 Å². The highest BCUT2D eigenvalue weighted by Crippen LogP contribution is 2.29. The van der Waals surface area contributed by atoms with Crippen molar-refractivity contribution in [1.29, 1.82) is 0 Å². The highest BCUT2D eigenvalue weighted by molar-refractivity contribution is 5.94. The summed E-state index contributed by atoms with van der Waals surface area (Å²) in [6.07, 6.45) is -0.565. The normalized spacial score (nSPS) is 14.0. The quantitative estimate of drug-likeness (QED) is 0.739. The molecule has 2 aromatic carbocycles. The molecule has 2 N–H and O–H groups in total. The smallest absolute Gasteiger partial charge is 0.338 e. The molecule has 1 aliphatic rings. The van der Waals surface area contributed by atoms with E-state index in [0.717, 1.165) is 11.1 Å². The lowest BCUT2D eigenvalue weighted by Gasteiger charge is -2.18. The number of hydrogen-bond acceptors (Lipinski definition) is 6. The third-order valence-corrected chi connectivity index (χ3v) is 4.30. The number of hydrogen-bond donors (Lipinski definition) is 2. The molecule has 0 bridgehead atoms. The van der Waals surface area contributed by atoms with E-state index in [4.69, 9.17) is 9.47 Å². The summed E-state index contributed by atoms with van der Waals surface area (Å²) < 4.78 is 10.4. The van der Waals surface area contributed by atoms with Gasteiger partial charge in [-0.05, 0) is 11.1 Å². The number of aliphatic hydroxyl groups excluding tert-OH is 2. The van der Waals surface area contributed by atoms with Gasteiger partial charge in [0.15, 0.2) is 0 Å². The van der Waals surface area contributed by atoms with Crippen LogP contribution in [0, 0.1) is 0 Å². The van der Waals surface area contributed by atoms with E-state index in [-0.39, 0.29) is 48.7 Å². The minimum Gasteiger partial charge on any atom is -0.511 e. The van der Waals surface area contributed by atoms with Gasteiger partial charge in [0, 0.05) is 12.8 Å². The fourth-order valence-corrected chi connectivity index (χ4v) is 2.75. The van der Waals surface area contributed by atoms with E-state index in [1.807, 2.05) is 36.4 Å². The molecule has 0 saturated heterocycles. The summed E-state index contributed by atoms with van der Waals surface area (Å²) >= 11 is 0. The molecule has 0 amide bonds. The van der Waals surface area contributed by atoms with Crippen LogP contribution < -0.4 is 0 Å². The minimum atomic E-state index is -0.732. The highest BCUT2D eigenvalue weighted by atomic mass is 16.5. The van der Waals surface area contributed by atoms with E-state index >= 15 is 0 Å². The fourth-order valence-electron chi connectivity index (χ4n) is 2.75. The van der Waals surface area contributed by atoms with Crippen LogP contribution in [-0.4, -0.2) is 22.2 Å². The lowest BCUT2D eigenvalue weighted by atomic mass is 9.95. The van der Waals surface area contributed by atoms with Gasteiger partial charge in [-0.2, -0.15) is 0 Å². The molecule has 3 rings (SSSR count). The van der Waals surface area contributed by atoms with E-state index in [9.17, 15) is 19.8 Å². The standard InChI is InChI=1S/C22H20O6/c23-19-12-18(22(26)28-14-16-9-5-2-6-10-16)20(24)11-17(19)21(25)27-13-15-7-3-1-4-8-15/h1-10,23-24H,11-14H2. The van der Waals surface area contributed by atoms with Crippen LogP contribution in [-0.2, 0) is 32.3 Å². The Labute approximate surface area is 162 Å². The lowest BCUT2D eigenvalue weighted by molar-refractivity contribution is -0.142. The van der Waals surface area contributed by atoms with Crippen molar-refractivity contribution in [3.63, 3.8) is 0 Å². The number of esters is 2. The monoisotopic (exact) mass is 380 g/mol. The molecule has 0 fully saturated rings. The van der Waals surface area contributed by atoms with Crippen LogP contribution in [0.2, 0.25) is 0 Å². The van der Waals surface area contributed by atoms with Crippen molar-refractivity contribution in [2.45, 2.75) is 26.1 Å². The van der Waals surface area contributed by atoms with Gasteiger partial charge in [0.25, 0.3) is 0 Å². The van der Waals surface area contributed by atoms with Gasteiger partial charge in [0.1, 0.15) is 24.7 Å². The molecule has 2 aromatic rings. The van der Waals surface area contributed by atoms with Crippen molar-refractivity contribution in [3.05, 3.63) is 94.5 Å². The predicted octanol–water partition coefficient (Wildman–Crippen LogP) is 3.89. The highest BCUT2D eigenvalue weighted by Gasteiger charge is 2.30. The molecule has 6 nitrogen and oxygen atoms in total. The second-order valence-electron chi connectivity index (χ2n) is 6.33. The number of aliphatic hydroxyl groups is 2. The number of rotatable bonds is 6. The van der Waals surface area contributed by atoms with E-state index in [1.54, 1.807) is 24.3 Å². The molecule has 144 valence electrons. The molecular formula is C22H20O6. The molecule has 6 heteroatoms. The van der Waals surface area contributed by atoms with Crippen molar-refractivity contribution in [2.75, 3.05) is 0 Å². The van der Waals surface area contributed by atoms with E-state index in [2.05, 4.69) is 0 Å². The molecule has 0 unspecified atom stereocenters. The summed E-state index contributed by atoms with van der Waals surface area (Å²) in [7, 11) is 0. The molecule has 0 saturated carbocycles. The summed E-state index contributed by atoms with van der Waals surface area (Å²) in [5, 5.41) is 20.4. The number of carbonyl (C=O) groups excluding carboxylic acids is 2. The van der Waals surface area contributed by atoms with Crippen molar-refractivity contribution in [2.24, 2.45) is 0 Å². The Morgan fingerprint density at radius 3 is 1.39 bits per heavy atom. The first-order valence-corrected chi connectivity index (χ1v) is 8.78. The molecule has 28 heavy (non-hydrogen) atoms. The molecule has 0 aliphatic heterocycles. The second-order valence-corrected chi connectivity index (χ2v) is 6.33. The molecule has 0 heterocycles. The van der Waals surface area contributed by atoms with Gasteiger partial charge in [-0.25, -0.2) is 9.59 Å². The largest absolute Gasteiger partial charge is 0.511 e. The first-order chi connectivity index (χ1) is 13.5. The zero-order chi connectivity index (χ0) is 19.9. The van der Waals surface area contributed by atoms with Gasteiger partial charge in [0.2, 0.25) is 0 Å². The number of allylic oxidation sites excluding steroid dienone is 2. The Morgan fingerprint density at radius 2 is 1.04 bits per heavy atom. The van der Waals surface area contributed by atoms with Gasteiger partial charge in [-0.1, -0.05) is 60.7 Å². The Balaban J connectivity index is 1.59. The van der Waals surface area contributed by atoms with Crippen LogP contribution in [0.5, 0.6) is 0 Å². The maximum absolute atomic E-state index is 12.2. The van der Waals surface area contributed by atoms with Gasteiger partial charge in [-0.15, -0.1) is 0 Å².